The molecule has 0 spiro atoms. The van der Waals surface area contributed by atoms with E-state index in [2.05, 4.69) is 13.8 Å². The van der Waals surface area contributed by atoms with Crippen LogP contribution in [0, 0.1) is 5.92 Å². The van der Waals surface area contributed by atoms with Crippen molar-refractivity contribution in [3.63, 3.8) is 0 Å². The first-order chi connectivity index (χ1) is 6.68. The van der Waals surface area contributed by atoms with Gasteiger partial charge in [-0.15, -0.1) is 0 Å². The van der Waals surface area contributed by atoms with Gasteiger partial charge in [0.15, 0.2) is 0 Å². The van der Waals surface area contributed by atoms with Crippen LogP contribution in [-0.4, -0.2) is 11.7 Å². The second-order valence-corrected chi connectivity index (χ2v) is 3.88. The molecule has 0 aliphatic heterocycles. The fraction of sp³-hybridized carbons (Fsp3) is 0.500. The van der Waals surface area contributed by atoms with Crippen molar-refractivity contribution in [3.8, 4) is 11.5 Å². The lowest BCUT2D eigenvalue weighted by Gasteiger charge is -2.07. The minimum Gasteiger partial charge on any atom is -0.508 e. The summed E-state index contributed by atoms with van der Waals surface area (Å²) < 4.78 is 5.50. The van der Waals surface area contributed by atoms with Crippen molar-refractivity contribution in [2.75, 3.05) is 6.61 Å². The summed E-state index contributed by atoms with van der Waals surface area (Å²) in [6.45, 7) is 5.17. The molecule has 0 saturated carbocycles. The standard InChI is InChI=1S/C12H18O2/c1-10(2)4-3-9-14-12-7-5-11(13)6-8-12/h5-8,10,13H,3-4,9H2,1-2H3. The van der Waals surface area contributed by atoms with Gasteiger partial charge < -0.3 is 9.84 Å². The van der Waals surface area contributed by atoms with Gasteiger partial charge in [-0.05, 0) is 43.0 Å². The van der Waals surface area contributed by atoms with E-state index in [-0.39, 0.29) is 5.75 Å². The molecule has 0 aliphatic rings. The second-order valence-electron chi connectivity index (χ2n) is 3.88. The summed E-state index contributed by atoms with van der Waals surface area (Å²) in [6.07, 6.45) is 2.27. The molecule has 0 fully saturated rings. The van der Waals surface area contributed by atoms with E-state index in [0.29, 0.717) is 0 Å². The Labute approximate surface area is 85.5 Å². The molecule has 1 aromatic carbocycles. The molecule has 78 valence electrons. The molecular weight excluding hydrogens is 176 g/mol. The highest BCUT2D eigenvalue weighted by Crippen LogP contribution is 2.16. The van der Waals surface area contributed by atoms with Crippen molar-refractivity contribution in [3.05, 3.63) is 24.3 Å². The predicted octanol–water partition coefficient (Wildman–Crippen LogP) is 3.21. The summed E-state index contributed by atoms with van der Waals surface area (Å²) in [4.78, 5) is 0. The Kier molecular flexibility index (Phi) is 4.30. The summed E-state index contributed by atoms with van der Waals surface area (Å²) in [6, 6.07) is 6.84. The third-order valence-corrected chi connectivity index (χ3v) is 2.03. The van der Waals surface area contributed by atoms with Crippen LogP contribution >= 0.6 is 0 Å². The number of hydrogen-bond acceptors (Lipinski definition) is 2. The van der Waals surface area contributed by atoms with Crippen LogP contribution in [-0.2, 0) is 0 Å². The lowest BCUT2D eigenvalue weighted by Crippen LogP contribution is -1.99. The molecule has 0 atom stereocenters. The molecular formula is C12H18O2. The minimum absolute atomic E-state index is 0.277. The van der Waals surface area contributed by atoms with Gasteiger partial charge in [0, 0.05) is 0 Å². The number of rotatable bonds is 5. The van der Waals surface area contributed by atoms with Crippen LogP contribution in [0.4, 0.5) is 0 Å². The Morgan fingerprint density at radius 1 is 1.21 bits per heavy atom. The molecule has 0 saturated heterocycles. The van der Waals surface area contributed by atoms with Gasteiger partial charge in [-0.1, -0.05) is 13.8 Å². The maximum atomic E-state index is 9.05. The monoisotopic (exact) mass is 194 g/mol. The van der Waals surface area contributed by atoms with E-state index in [1.54, 1.807) is 24.3 Å². The average molecular weight is 194 g/mol. The fourth-order valence-corrected chi connectivity index (χ4v) is 1.22. The van der Waals surface area contributed by atoms with Crippen molar-refractivity contribution >= 4 is 0 Å². The Morgan fingerprint density at radius 2 is 1.86 bits per heavy atom. The Morgan fingerprint density at radius 3 is 2.43 bits per heavy atom. The van der Waals surface area contributed by atoms with Crippen LogP contribution < -0.4 is 4.74 Å². The topological polar surface area (TPSA) is 29.5 Å². The number of benzene rings is 1. The van der Waals surface area contributed by atoms with Crippen molar-refractivity contribution < 1.29 is 9.84 Å². The van der Waals surface area contributed by atoms with E-state index in [0.717, 1.165) is 24.7 Å². The number of ether oxygens (including phenoxy) is 1. The maximum absolute atomic E-state index is 9.05. The van der Waals surface area contributed by atoms with Gasteiger partial charge in [0.25, 0.3) is 0 Å². The summed E-state index contributed by atoms with van der Waals surface area (Å²) in [5.41, 5.74) is 0. The van der Waals surface area contributed by atoms with Crippen LogP contribution in [0.5, 0.6) is 11.5 Å². The van der Waals surface area contributed by atoms with Gasteiger partial charge in [-0.25, -0.2) is 0 Å². The Hall–Kier alpha value is -1.18. The van der Waals surface area contributed by atoms with Crippen molar-refractivity contribution in [1.82, 2.24) is 0 Å². The van der Waals surface area contributed by atoms with Gasteiger partial charge in [0.2, 0.25) is 0 Å². The number of phenols is 1. The highest BCUT2D eigenvalue weighted by atomic mass is 16.5. The van der Waals surface area contributed by atoms with Crippen LogP contribution in [0.1, 0.15) is 26.7 Å². The fourth-order valence-electron chi connectivity index (χ4n) is 1.22. The highest BCUT2D eigenvalue weighted by molar-refractivity contribution is 5.29. The number of aromatic hydroxyl groups is 1. The zero-order chi connectivity index (χ0) is 10.4. The van der Waals surface area contributed by atoms with E-state index in [4.69, 9.17) is 9.84 Å². The summed E-state index contributed by atoms with van der Waals surface area (Å²) >= 11 is 0. The van der Waals surface area contributed by atoms with Gasteiger partial charge in [-0.2, -0.15) is 0 Å². The highest BCUT2D eigenvalue weighted by Gasteiger charge is 1.96. The van der Waals surface area contributed by atoms with Crippen LogP contribution in [0.25, 0.3) is 0 Å². The van der Waals surface area contributed by atoms with Gasteiger partial charge in [-0.3, -0.25) is 0 Å². The largest absolute Gasteiger partial charge is 0.508 e. The molecule has 0 amide bonds. The Balaban J connectivity index is 2.21. The molecule has 0 radical (unpaired) electrons. The van der Waals surface area contributed by atoms with E-state index < -0.39 is 0 Å². The third kappa shape index (κ3) is 4.17. The van der Waals surface area contributed by atoms with Crippen LogP contribution in [0.3, 0.4) is 0 Å². The lowest BCUT2D eigenvalue weighted by atomic mass is 10.1. The normalized spacial score (nSPS) is 10.5. The zero-order valence-corrected chi connectivity index (χ0v) is 8.86. The minimum atomic E-state index is 0.277. The first-order valence-corrected chi connectivity index (χ1v) is 5.10. The van der Waals surface area contributed by atoms with E-state index in [9.17, 15) is 0 Å². The lowest BCUT2D eigenvalue weighted by molar-refractivity contribution is 0.297. The number of hydrogen-bond donors (Lipinski definition) is 1. The van der Waals surface area contributed by atoms with Crippen LogP contribution in [0.2, 0.25) is 0 Å². The smallest absolute Gasteiger partial charge is 0.119 e. The molecule has 14 heavy (non-hydrogen) atoms. The van der Waals surface area contributed by atoms with E-state index in [1.807, 2.05) is 0 Å². The summed E-state index contributed by atoms with van der Waals surface area (Å²) in [7, 11) is 0. The first kappa shape index (κ1) is 10.9. The molecule has 0 aromatic heterocycles. The zero-order valence-electron chi connectivity index (χ0n) is 8.86. The molecule has 0 unspecified atom stereocenters. The molecule has 1 N–H and O–H groups in total. The third-order valence-electron chi connectivity index (χ3n) is 2.03. The molecule has 2 heteroatoms. The van der Waals surface area contributed by atoms with Gasteiger partial charge in [0.05, 0.1) is 6.61 Å². The van der Waals surface area contributed by atoms with Gasteiger partial charge in [0.1, 0.15) is 11.5 Å². The SMILES string of the molecule is CC(C)CCCOc1ccc(O)cc1. The summed E-state index contributed by atoms with van der Waals surface area (Å²) in [5, 5.41) is 9.05. The van der Waals surface area contributed by atoms with E-state index in [1.165, 1.54) is 6.42 Å². The predicted molar refractivity (Wildman–Crippen MR) is 57.7 cm³/mol. The summed E-state index contributed by atoms with van der Waals surface area (Å²) in [5.74, 6) is 1.84. The number of phenolic OH excluding ortho intramolecular Hbond substituents is 1. The van der Waals surface area contributed by atoms with Crippen molar-refractivity contribution in [2.45, 2.75) is 26.7 Å². The molecule has 1 rings (SSSR count). The molecule has 0 bridgehead atoms. The molecule has 0 aliphatic carbocycles. The molecule has 0 heterocycles. The van der Waals surface area contributed by atoms with Gasteiger partial charge >= 0.3 is 0 Å². The average Bonchev–Trinajstić information content (AvgIpc) is 2.15. The quantitative estimate of drug-likeness (QED) is 0.729. The maximum Gasteiger partial charge on any atom is 0.119 e. The van der Waals surface area contributed by atoms with Crippen molar-refractivity contribution in [2.24, 2.45) is 5.92 Å². The first-order valence-electron chi connectivity index (χ1n) is 5.10. The molecule has 2 nitrogen and oxygen atoms in total. The second kappa shape index (κ2) is 5.53. The van der Waals surface area contributed by atoms with E-state index >= 15 is 0 Å². The van der Waals surface area contributed by atoms with Crippen molar-refractivity contribution in [1.29, 1.82) is 0 Å². The molecule has 1 aromatic rings. The van der Waals surface area contributed by atoms with Crippen LogP contribution in [0.15, 0.2) is 24.3 Å². The Bertz CT molecular complexity index is 252.